The van der Waals surface area contributed by atoms with Crippen LogP contribution in [0.4, 0.5) is 4.39 Å². The number of aliphatic hydroxyl groups is 1. The maximum Gasteiger partial charge on any atom is 0.253 e. The highest BCUT2D eigenvalue weighted by molar-refractivity contribution is 5.94. The Balaban J connectivity index is 1.70. The third-order valence-electron chi connectivity index (χ3n) is 3.89. The molecule has 1 amide bonds. The van der Waals surface area contributed by atoms with Crippen LogP contribution in [0.1, 0.15) is 29.6 Å². The fraction of sp³-hybridized carbons (Fsp3) is 0.294. The molecule has 22 heavy (non-hydrogen) atoms. The van der Waals surface area contributed by atoms with Crippen LogP contribution >= 0.6 is 0 Å². The number of hydrogen-bond acceptors (Lipinski definition) is 3. The highest BCUT2D eigenvalue weighted by Crippen LogP contribution is 2.20. The lowest BCUT2D eigenvalue weighted by atomic mass is 10.1. The summed E-state index contributed by atoms with van der Waals surface area (Å²) in [5, 5.41) is 12.4. The van der Waals surface area contributed by atoms with Crippen molar-refractivity contribution in [3.8, 4) is 11.3 Å². The van der Waals surface area contributed by atoms with Crippen LogP contribution in [0.15, 0.2) is 42.6 Å². The molecule has 2 atom stereocenters. The second-order valence-electron chi connectivity index (χ2n) is 5.58. The number of hydrogen-bond donors (Lipinski definition) is 2. The molecule has 1 saturated carbocycles. The second kappa shape index (κ2) is 6.23. The number of aromatic nitrogens is 1. The summed E-state index contributed by atoms with van der Waals surface area (Å²) in [6.45, 7) is 0. The number of carbonyl (C=O) groups is 1. The Kier molecular flexibility index (Phi) is 4.15. The van der Waals surface area contributed by atoms with Crippen LogP contribution in [0, 0.1) is 5.82 Å². The summed E-state index contributed by atoms with van der Waals surface area (Å²) < 4.78 is 13.2. The van der Waals surface area contributed by atoms with Gasteiger partial charge in [-0.25, -0.2) is 4.39 Å². The number of benzene rings is 1. The monoisotopic (exact) mass is 300 g/mol. The van der Waals surface area contributed by atoms with Gasteiger partial charge in [-0.3, -0.25) is 9.78 Å². The lowest BCUT2D eigenvalue weighted by Gasteiger charge is -2.12. The first kappa shape index (κ1) is 14.7. The fourth-order valence-electron chi connectivity index (χ4n) is 2.70. The average molecular weight is 300 g/mol. The van der Waals surface area contributed by atoms with Crippen LogP contribution in [-0.4, -0.2) is 28.1 Å². The zero-order chi connectivity index (χ0) is 15.5. The van der Waals surface area contributed by atoms with E-state index < -0.39 is 0 Å². The number of aliphatic hydroxyl groups excluding tert-OH is 1. The van der Waals surface area contributed by atoms with E-state index in [2.05, 4.69) is 10.3 Å². The van der Waals surface area contributed by atoms with Gasteiger partial charge in [-0.1, -0.05) is 12.1 Å². The van der Waals surface area contributed by atoms with Crippen molar-refractivity contribution in [3.63, 3.8) is 0 Å². The van der Waals surface area contributed by atoms with Gasteiger partial charge in [0.2, 0.25) is 0 Å². The van der Waals surface area contributed by atoms with E-state index in [4.69, 9.17) is 0 Å². The van der Waals surface area contributed by atoms with E-state index in [1.165, 1.54) is 18.3 Å². The topological polar surface area (TPSA) is 62.2 Å². The lowest BCUT2D eigenvalue weighted by Crippen LogP contribution is -2.33. The molecule has 0 radical (unpaired) electrons. The fourth-order valence-corrected chi connectivity index (χ4v) is 2.70. The molecule has 114 valence electrons. The van der Waals surface area contributed by atoms with Gasteiger partial charge in [0, 0.05) is 17.8 Å². The molecule has 0 bridgehead atoms. The Morgan fingerprint density at radius 1 is 1.27 bits per heavy atom. The van der Waals surface area contributed by atoms with Crippen molar-refractivity contribution in [2.24, 2.45) is 0 Å². The first-order valence-electron chi connectivity index (χ1n) is 7.33. The molecule has 0 spiro atoms. The smallest absolute Gasteiger partial charge is 0.253 e. The summed E-state index contributed by atoms with van der Waals surface area (Å²) in [7, 11) is 0. The van der Waals surface area contributed by atoms with Gasteiger partial charge in [-0.2, -0.15) is 0 Å². The van der Waals surface area contributed by atoms with Crippen LogP contribution in [0.2, 0.25) is 0 Å². The summed E-state index contributed by atoms with van der Waals surface area (Å²) in [4.78, 5) is 16.3. The third-order valence-corrected chi connectivity index (χ3v) is 3.89. The van der Waals surface area contributed by atoms with Gasteiger partial charge in [0.15, 0.2) is 0 Å². The van der Waals surface area contributed by atoms with Gasteiger partial charge >= 0.3 is 0 Å². The van der Waals surface area contributed by atoms with E-state index in [0.29, 0.717) is 23.2 Å². The predicted octanol–water partition coefficient (Wildman–Crippen LogP) is 2.53. The van der Waals surface area contributed by atoms with Crippen molar-refractivity contribution >= 4 is 5.91 Å². The maximum absolute atomic E-state index is 13.2. The number of nitrogens with one attached hydrogen (secondary N) is 1. The number of halogens is 1. The molecule has 1 aromatic heterocycles. The van der Waals surface area contributed by atoms with Crippen molar-refractivity contribution < 1.29 is 14.3 Å². The van der Waals surface area contributed by atoms with E-state index in [-0.39, 0.29) is 23.9 Å². The van der Waals surface area contributed by atoms with Crippen molar-refractivity contribution in [3.05, 3.63) is 54.0 Å². The van der Waals surface area contributed by atoms with Gasteiger partial charge in [0.1, 0.15) is 5.82 Å². The third kappa shape index (κ3) is 3.31. The van der Waals surface area contributed by atoms with Crippen molar-refractivity contribution in [1.29, 1.82) is 0 Å². The molecule has 2 N–H and O–H groups in total. The Morgan fingerprint density at radius 2 is 2.14 bits per heavy atom. The molecule has 2 aromatic rings. The van der Waals surface area contributed by atoms with Crippen LogP contribution in [0.25, 0.3) is 11.3 Å². The summed E-state index contributed by atoms with van der Waals surface area (Å²) in [5.41, 5.74) is 1.75. The number of rotatable bonds is 3. The summed E-state index contributed by atoms with van der Waals surface area (Å²) in [5.74, 6) is -0.515. The maximum atomic E-state index is 13.2. The van der Waals surface area contributed by atoms with E-state index in [1.54, 1.807) is 24.3 Å². The molecule has 1 aromatic carbocycles. The number of pyridine rings is 1. The predicted molar refractivity (Wildman–Crippen MR) is 80.7 cm³/mol. The molecule has 3 rings (SSSR count). The normalized spacial score (nSPS) is 20.8. The molecule has 4 nitrogen and oxygen atoms in total. The van der Waals surface area contributed by atoms with Crippen LogP contribution < -0.4 is 5.32 Å². The molecular formula is C17H17FN2O2. The minimum atomic E-state index is -0.321. The van der Waals surface area contributed by atoms with E-state index in [9.17, 15) is 14.3 Å². The van der Waals surface area contributed by atoms with Crippen molar-refractivity contribution in [2.75, 3.05) is 0 Å². The summed E-state index contributed by atoms with van der Waals surface area (Å²) in [6, 6.07) is 9.57. The van der Waals surface area contributed by atoms with Crippen LogP contribution in [-0.2, 0) is 0 Å². The molecule has 0 saturated heterocycles. The Hall–Kier alpha value is -2.27. The highest BCUT2D eigenvalue weighted by atomic mass is 19.1. The molecule has 1 aliphatic rings. The van der Waals surface area contributed by atoms with Gasteiger partial charge in [-0.05, 0) is 43.5 Å². The van der Waals surface area contributed by atoms with E-state index in [1.807, 2.05) is 0 Å². The van der Waals surface area contributed by atoms with E-state index >= 15 is 0 Å². The summed E-state index contributed by atoms with van der Waals surface area (Å²) in [6.07, 6.45) is 3.28. The van der Waals surface area contributed by atoms with Gasteiger partial charge < -0.3 is 10.4 Å². The first-order valence-corrected chi connectivity index (χ1v) is 7.33. The van der Waals surface area contributed by atoms with Gasteiger partial charge in [0.05, 0.1) is 17.4 Å². The Morgan fingerprint density at radius 3 is 2.77 bits per heavy atom. The SMILES string of the molecule is O=C(NC1CCC(O)C1)c1ccc(-c2cccc(F)c2)nc1. The number of amides is 1. The van der Waals surface area contributed by atoms with Crippen LogP contribution in [0.5, 0.6) is 0 Å². The molecule has 5 heteroatoms. The van der Waals surface area contributed by atoms with Crippen LogP contribution in [0.3, 0.4) is 0 Å². The number of carbonyl (C=O) groups excluding carboxylic acids is 1. The largest absolute Gasteiger partial charge is 0.393 e. The molecule has 1 heterocycles. The number of nitrogens with zero attached hydrogens (tertiary/aromatic N) is 1. The zero-order valence-corrected chi connectivity index (χ0v) is 12.0. The van der Waals surface area contributed by atoms with Gasteiger partial charge in [0.25, 0.3) is 5.91 Å². The molecule has 1 aliphatic carbocycles. The van der Waals surface area contributed by atoms with Crippen molar-refractivity contribution in [2.45, 2.75) is 31.4 Å². The second-order valence-corrected chi connectivity index (χ2v) is 5.58. The lowest BCUT2D eigenvalue weighted by molar-refractivity contribution is 0.0933. The minimum Gasteiger partial charge on any atom is -0.393 e. The van der Waals surface area contributed by atoms with Crippen molar-refractivity contribution in [1.82, 2.24) is 10.3 Å². The van der Waals surface area contributed by atoms with E-state index in [0.717, 1.165) is 12.8 Å². The minimum absolute atomic E-state index is 0.0189. The molecule has 1 fully saturated rings. The van der Waals surface area contributed by atoms with Gasteiger partial charge in [-0.15, -0.1) is 0 Å². The summed E-state index contributed by atoms with van der Waals surface area (Å²) >= 11 is 0. The first-order chi connectivity index (χ1) is 10.6. The Bertz CT molecular complexity index is 673. The Labute approximate surface area is 128 Å². The molecule has 2 unspecified atom stereocenters. The molecule has 0 aliphatic heterocycles. The zero-order valence-electron chi connectivity index (χ0n) is 12.0. The highest BCUT2D eigenvalue weighted by Gasteiger charge is 2.24. The molecular weight excluding hydrogens is 283 g/mol. The average Bonchev–Trinajstić information content (AvgIpc) is 2.92. The quantitative estimate of drug-likeness (QED) is 0.915. The standard InChI is InChI=1S/C17H17FN2O2/c18-13-3-1-2-11(8-13)16-7-4-12(10-19-16)17(22)20-14-5-6-15(21)9-14/h1-4,7-8,10,14-15,21H,5-6,9H2,(H,20,22).